The molecule has 2 amide bonds. The Kier molecular flexibility index (Phi) is 5.14. The van der Waals surface area contributed by atoms with Gasteiger partial charge in [-0.2, -0.15) is 0 Å². The number of hydrogen-bond donors (Lipinski definition) is 0. The summed E-state index contributed by atoms with van der Waals surface area (Å²) in [6, 6.07) is 3.89. The molecule has 6 nitrogen and oxygen atoms in total. The minimum atomic E-state index is 0.0256. The van der Waals surface area contributed by atoms with Crippen LogP contribution in [-0.2, 0) is 20.9 Å². The van der Waals surface area contributed by atoms with Gasteiger partial charge in [-0.3, -0.25) is 14.6 Å². The van der Waals surface area contributed by atoms with Gasteiger partial charge in [0.1, 0.15) is 6.61 Å². The van der Waals surface area contributed by atoms with Crippen LogP contribution in [0.4, 0.5) is 0 Å². The first-order valence-corrected chi connectivity index (χ1v) is 8.55. The molecule has 1 aromatic heterocycles. The fraction of sp³-hybridized carbons (Fsp3) is 0.611. The number of likely N-dealkylation sites (tertiary alicyclic amines) is 2. The summed E-state index contributed by atoms with van der Waals surface area (Å²) in [5.41, 5.74) is 1.07. The first-order chi connectivity index (χ1) is 11.6. The van der Waals surface area contributed by atoms with Crippen LogP contribution in [0, 0.1) is 5.41 Å². The van der Waals surface area contributed by atoms with Crippen LogP contribution in [0.5, 0.6) is 0 Å². The summed E-state index contributed by atoms with van der Waals surface area (Å²) in [4.78, 5) is 32.5. The minimum Gasteiger partial charge on any atom is -0.375 e. The van der Waals surface area contributed by atoms with E-state index in [1.165, 1.54) is 0 Å². The van der Waals surface area contributed by atoms with Crippen LogP contribution in [0.1, 0.15) is 31.2 Å². The Morgan fingerprint density at radius 3 is 3.00 bits per heavy atom. The molecule has 2 fully saturated rings. The van der Waals surface area contributed by atoms with E-state index in [9.17, 15) is 9.59 Å². The lowest BCUT2D eigenvalue weighted by Crippen LogP contribution is -2.55. The van der Waals surface area contributed by atoms with Gasteiger partial charge in [-0.15, -0.1) is 0 Å². The van der Waals surface area contributed by atoms with Crippen LogP contribution in [-0.4, -0.2) is 59.9 Å². The second-order valence-electron chi connectivity index (χ2n) is 6.96. The van der Waals surface area contributed by atoms with Gasteiger partial charge in [0.15, 0.2) is 0 Å². The van der Waals surface area contributed by atoms with Gasteiger partial charge in [-0.1, -0.05) is 6.07 Å². The van der Waals surface area contributed by atoms with Crippen molar-refractivity contribution in [1.82, 2.24) is 14.8 Å². The lowest BCUT2D eigenvalue weighted by Gasteiger charge is -2.48. The number of aromatic nitrogens is 1. The molecule has 3 heterocycles. The molecule has 6 heteroatoms. The Hall–Kier alpha value is -1.95. The zero-order valence-corrected chi connectivity index (χ0v) is 14.2. The molecule has 1 atom stereocenters. The maximum Gasteiger partial charge on any atom is 0.248 e. The van der Waals surface area contributed by atoms with E-state index >= 15 is 0 Å². The van der Waals surface area contributed by atoms with Crippen LogP contribution in [0.15, 0.2) is 24.5 Å². The highest BCUT2D eigenvalue weighted by atomic mass is 16.5. The number of carbonyl (C=O) groups excluding carboxylic acids is 2. The topological polar surface area (TPSA) is 62.7 Å². The van der Waals surface area contributed by atoms with E-state index in [1.807, 2.05) is 28.1 Å². The maximum absolute atomic E-state index is 12.3. The number of amides is 2. The third-order valence-corrected chi connectivity index (χ3v) is 5.13. The van der Waals surface area contributed by atoms with Gasteiger partial charge in [0, 0.05) is 57.5 Å². The van der Waals surface area contributed by atoms with Crippen molar-refractivity contribution in [2.75, 3.05) is 33.4 Å². The molecule has 130 valence electrons. The Morgan fingerprint density at radius 2 is 2.25 bits per heavy atom. The second-order valence-corrected chi connectivity index (χ2v) is 6.96. The standard InChI is InChI=1S/C18H25N3O3/c1-24-12-17(23)20-9-3-6-18(13-20)7-5-16(22)21(14-18)11-15-4-2-8-19-10-15/h2,4,8,10H,3,5-7,9,11-14H2,1H3/t18-/m0/s1. The Morgan fingerprint density at radius 1 is 1.38 bits per heavy atom. The fourth-order valence-corrected chi connectivity index (χ4v) is 3.93. The van der Waals surface area contributed by atoms with Gasteiger partial charge < -0.3 is 14.5 Å². The summed E-state index contributed by atoms with van der Waals surface area (Å²) >= 11 is 0. The number of hydrogen-bond acceptors (Lipinski definition) is 4. The van der Waals surface area contributed by atoms with Gasteiger partial charge in [-0.25, -0.2) is 0 Å². The van der Waals surface area contributed by atoms with Gasteiger partial charge in [0.2, 0.25) is 11.8 Å². The molecule has 0 N–H and O–H groups in total. The molecule has 0 saturated carbocycles. The van der Waals surface area contributed by atoms with Crippen molar-refractivity contribution < 1.29 is 14.3 Å². The van der Waals surface area contributed by atoms with Crippen molar-refractivity contribution in [3.63, 3.8) is 0 Å². The second kappa shape index (κ2) is 7.30. The predicted molar refractivity (Wildman–Crippen MR) is 89.0 cm³/mol. The molecule has 1 aromatic rings. The number of methoxy groups -OCH3 is 1. The normalized spacial score (nSPS) is 24.5. The van der Waals surface area contributed by atoms with E-state index in [4.69, 9.17) is 4.74 Å². The summed E-state index contributed by atoms with van der Waals surface area (Å²) in [6.45, 7) is 2.97. The van der Waals surface area contributed by atoms with E-state index in [2.05, 4.69) is 4.98 Å². The van der Waals surface area contributed by atoms with Crippen molar-refractivity contribution in [1.29, 1.82) is 0 Å². The zero-order valence-electron chi connectivity index (χ0n) is 14.2. The quantitative estimate of drug-likeness (QED) is 0.838. The molecule has 0 bridgehead atoms. The molecule has 0 radical (unpaired) electrons. The predicted octanol–water partition coefficient (Wildman–Crippen LogP) is 1.46. The van der Waals surface area contributed by atoms with Gasteiger partial charge in [0.25, 0.3) is 0 Å². The van der Waals surface area contributed by atoms with Crippen molar-refractivity contribution in [2.45, 2.75) is 32.2 Å². The SMILES string of the molecule is COCC(=O)N1CCC[C@]2(CCC(=O)N(Cc3cccnc3)C2)C1. The fourth-order valence-electron chi connectivity index (χ4n) is 3.93. The van der Waals surface area contributed by atoms with E-state index in [0.29, 0.717) is 13.0 Å². The van der Waals surface area contributed by atoms with E-state index in [0.717, 1.165) is 44.5 Å². The Balaban J connectivity index is 1.69. The van der Waals surface area contributed by atoms with Crippen LogP contribution >= 0.6 is 0 Å². The molecule has 2 aliphatic heterocycles. The summed E-state index contributed by atoms with van der Waals surface area (Å²) in [7, 11) is 1.55. The van der Waals surface area contributed by atoms with Crippen LogP contribution in [0.25, 0.3) is 0 Å². The van der Waals surface area contributed by atoms with Crippen LogP contribution in [0.2, 0.25) is 0 Å². The minimum absolute atomic E-state index is 0.0256. The molecule has 24 heavy (non-hydrogen) atoms. The first kappa shape index (κ1) is 16.9. The van der Waals surface area contributed by atoms with Crippen molar-refractivity contribution in [3.8, 4) is 0 Å². The van der Waals surface area contributed by atoms with Crippen molar-refractivity contribution in [2.24, 2.45) is 5.41 Å². The highest BCUT2D eigenvalue weighted by molar-refractivity contribution is 5.78. The molecule has 1 spiro atoms. The average Bonchev–Trinajstić information content (AvgIpc) is 2.60. The monoisotopic (exact) mass is 331 g/mol. The van der Waals surface area contributed by atoms with Crippen molar-refractivity contribution >= 4 is 11.8 Å². The number of rotatable bonds is 4. The van der Waals surface area contributed by atoms with Crippen LogP contribution < -0.4 is 0 Å². The van der Waals surface area contributed by atoms with Gasteiger partial charge in [0.05, 0.1) is 0 Å². The van der Waals surface area contributed by atoms with Crippen molar-refractivity contribution in [3.05, 3.63) is 30.1 Å². The molecule has 0 aliphatic carbocycles. The third-order valence-electron chi connectivity index (χ3n) is 5.13. The van der Waals surface area contributed by atoms with E-state index < -0.39 is 0 Å². The zero-order chi connectivity index (χ0) is 17.0. The Bertz CT molecular complexity index is 592. The lowest BCUT2D eigenvalue weighted by atomic mass is 9.73. The summed E-state index contributed by atoms with van der Waals surface area (Å²) in [5, 5.41) is 0. The molecular formula is C18H25N3O3. The first-order valence-electron chi connectivity index (χ1n) is 8.55. The van der Waals surface area contributed by atoms with Gasteiger partial charge in [-0.05, 0) is 30.9 Å². The summed E-state index contributed by atoms with van der Waals surface area (Å²) < 4.78 is 4.99. The highest BCUT2D eigenvalue weighted by Gasteiger charge is 2.42. The molecule has 3 rings (SSSR count). The number of pyridine rings is 1. The summed E-state index contributed by atoms with van der Waals surface area (Å²) in [6.07, 6.45) is 7.04. The van der Waals surface area contributed by atoms with E-state index in [1.54, 1.807) is 13.3 Å². The largest absolute Gasteiger partial charge is 0.375 e. The number of ether oxygens (including phenoxy) is 1. The molecule has 2 aliphatic rings. The number of nitrogens with zero attached hydrogens (tertiary/aromatic N) is 3. The molecule has 0 unspecified atom stereocenters. The smallest absolute Gasteiger partial charge is 0.248 e. The summed E-state index contributed by atoms with van der Waals surface area (Å²) in [5.74, 6) is 0.247. The maximum atomic E-state index is 12.3. The number of carbonyl (C=O) groups is 2. The average molecular weight is 331 g/mol. The number of piperidine rings is 2. The lowest BCUT2D eigenvalue weighted by molar-refractivity contribution is -0.145. The van der Waals surface area contributed by atoms with Gasteiger partial charge >= 0.3 is 0 Å². The molecule has 2 saturated heterocycles. The molecule has 0 aromatic carbocycles. The van der Waals surface area contributed by atoms with Crippen LogP contribution in [0.3, 0.4) is 0 Å². The van der Waals surface area contributed by atoms with E-state index in [-0.39, 0.29) is 23.8 Å². The highest BCUT2D eigenvalue weighted by Crippen LogP contribution is 2.39. The third kappa shape index (κ3) is 3.75. The Labute approximate surface area is 142 Å². The molecular weight excluding hydrogens is 306 g/mol.